The number of hydroxylamine groups is 2. The molecule has 2 aromatic rings. The van der Waals surface area contributed by atoms with E-state index in [1.165, 1.54) is 23.5 Å². The minimum Gasteiger partial charge on any atom is -0.474 e. The number of piperidine rings is 1. The molecule has 2 heterocycles. The second-order valence-corrected chi connectivity index (χ2v) is 10.1. The summed E-state index contributed by atoms with van der Waals surface area (Å²) in [5.41, 5.74) is 0.549. The molecule has 12 heteroatoms. The molecule has 0 atom stereocenters. The van der Waals surface area contributed by atoms with Crippen molar-refractivity contribution in [1.82, 2.24) is 15.0 Å². The minimum absolute atomic E-state index is 0.121. The van der Waals surface area contributed by atoms with E-state index in [4.69, 9.17) is 19.0 Å². The van der Waals surface area contributed by atoms with Crippen LogP contribution in [0.3, 0.4) is 0 Å². The molecular formula is C22H28FN3O7S. The van der Waals surface area contributed by atoms with Gasteiger partial charge in [-0.3, -0.25) is 0 Å². The van der Waals surface area contributed by atoms with Gasteiger partial charge in [-0.15, -0.1) is 5.06 Å². The van der Waals surface area contributed by atoms with Crippen molar-refractivity contribution in [3.63, 3.8) is 0 Å². The maximum absolute atomic E-state index is 14.5. The molecule has 0 N–H and O–H groups in total. The Bertz CT molecular complexity index is 1120. The van der Waals surface area contributed by atoms with Crippen molar-refractivity contribution in [1.29, 1.82) is 0 Å². The van der Waals surface area contributed by atoms with Crippen LogP contribution in [-0.4, -0.2) is 61.2 Å². The summed E-state index contributed by atoms with van der Waals surface area (Å²) < 4.78 is 54.4. The number of sulfone groups is 1. The number of halogens is 1. The van der Waals surface area contributed by atoms with Crippen LogP contribution in [0.2, 0.25) is 0 Å². The maximum atomic E-state index is 14.5. The SMILES string of the molecule is CCc1c(Oc2ccc(S(C)(=O)=O)cc2F)ncnc1OC1CCN(OC(=O)OC(C)C)CC1. The molecule has 1 aromatic heterocycles. The number of aromatic nitrogens is 2. The highest BCUT2D eigenvalue weighted by Crippen LogP contribution is 2.32. The molecule has 0 spiro atoms. The Morgan fingerprint density at radius 1 is 1.21 bits per heavy atom. The Morgan fingerprint density at radius 3 is 2.47 bits per heavy atom. The van der Waals surface area contributed by atoms with Crippen LogP contribution in [0.25, 0.3) is 0 Å². The van der Waals surface area contributed by atoms with Crippen LogP contribution in [0.15, 0.2) is 29.4 Å². The number of rotatable bonds is 8. The van der Waals surface area contributed by atoms with Crippen LogP contribution in [-0.2, 0) is 25.8 Å². The van der Waals surface area contributed by atoms with Gasteiger partial charge >= 0.3 is 6.16 Å². The lowest BCUT2D eigenvalue weighted by molar-refractivity contribution is -0.151. The molecule has 0 unspecified atom stereocenters. The number of carbonyl (C=O) groups excluding carboxylic acids is 1. The van der Waals surface area contributed by atoms with Gasteiger partial charge < -0.3 is 19.0 Å². The number of hydrogen-bond acceptors (Lipinski definition) is 10. The first-order valence-corrected chi connectivity index (χ1v) is 12.8. The molecule has 1 aliphatic rings. The van der Waals surface area contributed by atoms with Gasteiger partial charge in [0, 0.05) is 32.2 Å². The second kappa shape index (κ2) is 11.0. The average molecular weight is 498 g/mol. The van der Waals surface area contributed by atoms with E-state index in [2.05, 4.69) is 9.97 Å². The van der Waals surface area contributed by atoms with Crippen LogP contribution in [0.5, 0.6) is 17.5 Å². The lowest BCUT2D eigenvalue weighted by atomic mass is 10.1. The molecule has 0 amide bonds. The fraction of sp³-hybridized carbons (Fsp3) is 0.500. The summed E-state index contributed by atoms with van der Waals surface area (Å²) in [4.78, 5) is 25.0. The molecule has 3 rings (SSSR count). The van der Waals surface area contributed by atoms with Crippen molar-refractivity contribution in [2.75, 3.05) is 19.3 Å². The highest BCUT2D eigenvalue weighted by atomic mass is 32.2. The summed E-state index contributed by atoms with van der Waals surface area (Å²) in [6, 6.07) is 3.42. The van der Waals surface area contributed by atoms with Crippen molar-refractivity contribution >= 4 is 16.0 Å². The van der Waals surface area contributed by atoms with Crippen molar-refractivity contribution < 1.29 is 36.7 Å². The van der Waals surface area contributed by atoms with Gasteiger partial charge in [0.2, 0.25) is 11.8 Å². The first kappa shape index (κ1) is 25.6. The fourth-order valence-electron chi connectivity index (χ4n) is 3.29. The normalized spacial score (nSPS) is 15.2. The van der Waals surface area contributed by atoms with E-state index in [0.717, 1.165) is 12.3 Å². The van der Waals surface area contributed by atoms with Crippen LogP contribution < -0.4 is 9.47 Å². The largest absolute Gasteiger partial charge is 0.528 e. The summed E-state index contributed by atoms with van der Waals surface area (Å²) in [5, 5.41) is 1.53. The van der Waals surface area contributed by atoms with Crippen molar-refractivity contribution in [2.24, 2.45) is 0 Å². The molecule has 1 saturated heterocycles. The topological polar surface area (TPSA) is 117 Å². The number of hydrogen-bond donors (Lipinski definition) is 0. The first-order chi connectivity index (χ1) is 16.1. The van der Waals surface area contributed by atoms with Gasteiger partial charge in [0.1, 0.15) is 12.4 Å². The van der Waals surface area contributed by atoms with Crippen LogP contribution in [0.4, 0.5) is 9.18 Å². The van der Waals surface area contributed by atoms with Gasteiger partial charge in [0.05, 0.1) is 16.6 Å². The molecule has 0 radical (unpaired) electrons. The lowest BCUT2D eigenvalue weighted by Gasteiger charge is -2.30. The second-order valence-electron chi connectivity index (χ2n) is 8.04. The van der Waals surface area contributed by atoms with E-state index in [-0.39, 0.29) is 28.7 Å². The van der Waals surface area contributed by atoms with E-state index >= 15 is 0 Å². The molecule has 0 bridgehead atoms. The molecular weight excluding hydrogens is 469 g/mol. The van der Waals surface area contributed by atoms with Gasteiger partial charge in [-0.2, -0.15) is 0 Å². The molecule has 0 aliphatic carbocycles. The first-order valence-electron chi connectivity index (χ1n) is 10.9. The third kappa shape index (κ3) is 6.76. The van der Waals surface area contributed by atoms with E-state index in [1.54, 1.807) is 13.8 Å². The molecule has 10 nitrogen and oxygen atoms in total. The number of ether oxygens (including phenoxy) is 3. The van der Waals surface area contributed by atoms with Gasteiger partial charge in [-0.25, -0.2) is 27.6 Å². The zero-order chi connectivity index (χ0) is 24.9. The number of carbonyl (C=O) groups is 1. The summed E-state index contributed by atoms with van der Waals surface area (Å²) in [6.07, 6.45) is 2.70. The predicted octanol–water partition coefficient (Wildman–Crippen LogP) is 3.69. The third-order valence-electron chi connectivity index (χ3n) is 4.97. The Morgan fingerprint density at radius 2 is 1.88 bits per heavy atom. The van der Waals surface area contributed by atoms with Crippen molar-refractivity contribution in [2.45, 2.75) is 57.1 Å². The molecule has 0 saturated carbocycles. The standard InChI is InChI=1S/C22H28FN3O7S/c1-5-17-20(31-15-8-10-26(11-9-15)33-22(27)30-14(2)3)24-13-25-21(17)32-19-7-6-16(12-18(19)23)34(4,28)29/h6-7,12-15H,5,8-11H2,1-4H3. The quantitative estimate of drug-likeness (QED) is 0.500. The highest BCUT2D eigenvalue weighted by molar-refractivity contribution is 7.90. The summed E-state index contributed by atoms with van der Waals surface area (Å²) in [7, 11) is -3.55. The van der Waals surface area contributed by atoms with Gasteiger partial charge in [-0.05, 0) is 38.5 Å². The van der Waals surface area contributed by atoms with Gasteiger partial charge in [-0.1, -0.05) is 6.92 Å². The van der Waals surface area contributed by atoms with Gasteiger partial charge in [0.25, 0.3) is 0 Å². The van der Waals surface area contributed by atoms with Crippen LogP contribution in [0, 0.1) is 5.82 Å². The van der Waals surface area contributed by atoms with E-state index < -0.39 is 21.8 Å². The predicted molar refractivity (Wildman–Crippen MR) is 119 cm³/mol. The Hall–Kier alpha value is -2.99. The molecule has 1 aliphatic heterocycles. The highest BCUT2D eigenvalue weighted by Gasteiger charge is 2.26. The molecule has 1 fully saturated rings. The zero-order valence-corrected chi connectivity index (χ0v) is 20.3. The van der Waals surface area contributed by atoms with Crippen LogP contribution >= 0.6 is 0 Å². The third-order valence-corrected chi connectivity index (χ3v) is 6.08. The number of benzene rings is 1. The smallest absolute Gasteiger partial charge is 0.474 e. The molecule has 1 aromatic carbocycles. The maximum Gasteiger partial charge on any atom is 0.528 e. The summed E-state index contributed by atoms with van der Waals surface area (Å²) in [5.74, 6) is -0.546. The lowest BCUT2D eigenvalue weighted by Crippen LogP contribution is -2.40. The number of nitrogens with zero attached hydrogens (tertiary/aromatic N) is 3. The molecule has 186 valence electrons. The van der Waals surface area contributed by atoms with E-state index in [1.807, 2.05) is 6.92 Å². The minimum atomic E-state index is -3.55. The van der Waals surface area contributed by atoms with Crippen molar-refractivity contribution in [3.05, 3.63) is 35.9 Å². The summed E-state index contributed by atoms with van der Waals surface area (Å²) in [6.45, 7) is 6.27. The Balaban J connectivity index is 1.66. The average Bonchev–Trinajstić information content (AvgIpc) is 2.75. The molecule has 34 heavy (non-hydrogen) atoms. The van der Waals surface area contributed by atoms with E-state index in [0.29, 0.717) is 43.8 Å². The zero-order valence-electron chi connectivity index (χ0n) is 19.5. The summed E-state index contributed by atoms with van der Waals surface area (Å²) >= 11 is 0. The fourth-order valence-corrected chi connectivity index (χ4v) is 3.92. The Labute approximate surface area is 197 Å². The van der Waals surface area contributed by atoms with Gasteiger partial charge in [0.15, 0.2) is 21.4 Å². The van der Waals surface area contributed by atoms with Crippen molar-refractivity contribution in [3.8, 4) is 17.5 Å². The van der Waals surface area contributed by atoms with Crippen LogP contribution in [0.1, 0.15) is 39.2 Å². The monoisotopic (exact) mass is 497 g/mol. The van der Waals surface area contributed by atoms with E-state index in [9.17, 15) is 17.6 Å². The Kier molecular flexibility index (Phi) is 8.26.